The molecule has 0 aliphatic heterocycles. The van der Waals surface area contributed by atoms with Crippen LogP contribution in [0.1, 0.15) is 25.1 Å². The van der Waals surface area contributed by atoms with Gasteiger partial charge in [-0.1, -0.05) is 31.2 Å². The zero-order valence-corrected chi connectivity index (χ0v) is 11.2. The van der Waals surface area contributed by atoms with Crippen LogP contribution in [0.2, 0.25) is 0 Å². The highest BCUT2D eigenvalue weighted by molar-refractivity contribution is 5.62. The fourth-order valence-corrected chi connectivity index (χ4v) is 2.01. The predicted molar refractivity (Wildman–Crippen MR) is 75.7 cm³/mol. The zero-order valence-electron chi connectivity index (χ0n) is 11.2. The van der Waals surface area contributed by atoms with E-state index in [4.69, 9.17) is 0 Å². The number of nitrogens with zero attached hydrogens (tertiary/aromatic N) is 2. The van der Waals surface area contributed by atoms with E-state index in [-0.39, 0.29) is 0 Å². The highest BCUT2D eigenvalue weighted by atomic mass is 15.0. The number of benzene rings is 1. The first-order valence-electron chi connectivity index (χ1n) is 6.42. The van der Waals surface area contributed by atoms with Crippen molar-refractivity contribution >= 4 is 5.82 Å². The Kier molecular flexibility index (Phi) is 3.92. The van der Waals surface area contributed by atoms with Gasteiger partial charge in [-0.15, -0.1) is 0 Å². The number of nitrogens with one attached hydrogen (secondary N) is 1. The van der Waals surface area contributed by atoms with Gasteiger partial charge in [-0.2, -0.15) is 0 Å². The maximum absolute atomic E-state index is 4.58. The van der Waals surface area contributed by atoms with Crippen LogP contribution in [0.3, 0.4) is 0 Å². The Balaban J connectivity index is 2.49. The normalized spacial score (nSPS) is 10.4. The third-order valence-electron chi connectivity index (χ3n) is 2.85. The van der Waals surface area contributed by atoms with Crippen molar-refractivity contribution in [1.82, 2.24) is 9.97 Å². The van der Waals surface area contributed by atoms with E-state index in [1.54, 1.807) is 0 Å². The number of rotatable bonds is 4. The Labute approximate surface area is 108 Å². The zero-order chi connectivity index (χ0) is 13.0. The van der Waals surface area contributed by atoms with Gasteiger partial charge in [0.2, 0.25) is 0 Å². The second-order valence-corrected chi connectivity index (χ2v) is 4.26. The van der Waals surface area contributed by atoms with Crippen LogP contribution in [-0.2, 0) is 6.42 Å². The molecule has 94 valence electrons. The lowest BCUT2D eigenvalue weighted by atomic mass is 10.0. The highest BCUT2D eigenvalue weighted by Gasteiger charge is 2.08. The number of hydrogen-bond donors (Lipinski definition) is 1. The summed E-state index contributed by atoms with van der Waals surface area (Å²) in [6.07, 6.45) is 0.990. The van der Waals surface area contributed by atoms with Crippen molar-refractivity contribution in [3.05, 3.63) is 41.6 Å². The maximum Gasteiger partial charge on any atom is 0.162 e. The molecule has 0 saturated heterocycles. The summed E-state index contributed by atoms with van der Waals surface area (Å²) in [4.78, 5) is 9.12. The second kappa shape index (κ2) is 5.63. The van der Waals surface area contributed by atoms with Crippen LogP contribution >= 0.6 is 0 Å². The molecule has 3 nitrogen and oxygen atoms in total. The minimum atomic E-state index is 0.809. The molecular weight excluding hydrogens is 222 g/mol. The first-order chi connectivity index (χ1) is 8.74. The van der Waals surface area contributed by atoms with Gasteiger partial charge < -0.3 is 5.32 Å². The van der Waals surface area contributed by atoms with E-state index in [1.165, 1.54) is 5.56 Å². The van der Waals surface area contributed by atoms with Gasteiger partial charge in [-0.05, 0) is 25.8 Å². The molecular formula is C15H19N3. The van der Waals surface area contributed by atoms with Crippen molar-refractivity contribution in [2.45, 2.75) is 27.2 Å². The smallest absolute Gasteiger partial charge is 0.162 e. The van der Waals surface area contributed by atoms with E-state index >= 15 is 0 Å². The first kappa shape index (κ1) is 12.6. The van der Waals surface area contributed by atoms with E-state index in [1.807, 2.05) is 19.1 Å². The van der Waals surface area contributed by atoms with Crippen molar-refractivity contribution in [3.63, 3.8) is 0 Å². The van der Waals surface area contributed by atoms with Gasteiger partial charge in [0.25, 0.3) is 0 Å². The topological polar surface area (TPSA) is 37.8 Å². The number of hydrogen-bond acceptors (Lipinski definition) is 3. The lowest BCUT2D eigenvalue weighted by molar-refractivity contribution is 1.06. The summed E-state index contributed by atoms with van der Waals surface area (Å²) in [7, 11) is 0. The Bertz CT molecular complexity index is 535. The van der Waals surface area contributed by atoms with E-state index in [9.17, 15) is 0 Å². The number of anilines is 1. The summed E-state index contributed by atoms with van der Waals surface area (Å²) in [6.45, 7) is 7.09. The average Bonchev–Trinajstić information content (AvgIpc) is 2.38. The van der Waals surface area contributed by atoms with Crippen molar-refractivity contribution < 1.29 is 0 Å². The van der Waals surface area contributed by atoms with Crippen molar-refractivity contribution in [2.24, 2.45) is 0 Å². The van der Waals surface area contributed by atoms with E-state index in [0.29, 0.717) is 0 Å². The molecule has 18 heavy (non-hydrogen) atoms. The fourth-order valence-electron chi connectivity index (χ4n) is 2.01. The lowest BCUT2D eigenvalue weighted by Gasteiger charge is -2.09. The Hall–Kier alpha value is -1.90. The molecule has 0 bridgehead atoms. The molecule has 0 saturated carbocycles. The monoisotopic (exact) mass is 241 g/mol. The van der Waals surface area contributed by atoms with E-state index in [2.05, 4.69) is 47.3 Å². The third-order valence-corrected chi connectivity index (χ3v) is 2.85. The molecule has 0 radical (unpaired) electrons. The molecule has 1 heterocycles. The highest BCUT2D eigenvalue weighted by Crippen LogP contribution is 2.22. The molecule has 0 amide bonds. The predicted octanol–water partition coefficient (Wildman–Crippen LogP) is 3.45. The van der Waals surface area contributed by atoms with Crippen molar-refractivity contribution in [2.75, 3.05) is 11.9 Å². The molecule has 1 aromatic carbocycles. The molecule has 0 fully saturated rings. The lowest BCUT2D eigenvalue weighted by Crippen LogP contribution is -2.03. The van der Waals surface area contributed by atoms with Crippen LogP contribution in [0.5, 0.6) is 0 Å². The Morgan fingerprint density at radius 1 is 1.11 bits per heavy atom. The van der Waals surface area contributed by atoms with E-state index in [0.717, 1.165) is 35.9 Å². The summed E-state index contributed by atoms with van der Waals surface area (Å²) >= 11 is 0. The molecule has 3 heteroatoms. The summed E-state index contributed by atoms with van der Waals surface area (Å²) in [5.74, 6) is 1.70. The fraction of sp³-hybridized carbons (Fsp3) is 0.333. The van der Waals surface area contributed by atoms with Crippen LogP contribution in [0.25, 0.3) is 11.4 Å². The Morgan fingerprint density at radius 3 is 2.61 bits per heavy atom. The van der Waals surface area contributed by atoms with Crippen molar-refractivity contribution in [3.8, 4) is 11.4 Å². The minimum Gasteiger partial charge on any atom is -0.370 e. The van der Waals surface area contributed by atoms with Gasteiger partial charge in [-0.25, -0.2) is 9.97 Å². The number of aryl methyl sites for hydroxylation is 2. The summed E-state index contributed by atoms with van der Waals surface area (Å²) in [5, 5.41) is 3.24. The molecule has 0 spiro atoms. The quantitative estimate of drug-likeness (QED) is 0.891. The molecule has 0 atom stereocenters. The average molecular weight is 241 g/mol. The SMILES string of the molecule is CCNc1cc(C)nc(-c2ccccc2CC)n1. The van der Waals surface area contributed by atoms with Gasteiger partial charge >= 0.3 is 0 Å². The number of aromatic nitrogens is 2. The second-order valence-electron chi connectivity index (χ2n) is 4.26. The summed E-state index contributed by atoms with van der Waals surface area (Å²) in [6, 6.07) is 10.3. The standard InChI is InChI=1S/C15H19N3/c1-4-12-8-6-7-9-13(12)15-17-11(3)10-14(18-15)16-5-2/h6-10H,4-5H2,1-3H3,(H,16,17,18). The summed E-state index contributed by atoms with van der Waals surface area (Å²) in [5.41, 5.74) is 3.40. The van der Waals surface area contributed by atoms with Crippen LogP contribution < -0.4 is 5.32 Å². The van der Waals surface area contributed by atoms with Crippen LogP contribution in [0.15, 0.2) is 30.3 Å². The molecule has 0 aliphatic rings. The molecule has 0 unspecified atom stereocenters. The van der Waals surface area contributed by atoms with Crippen LogP contribution in [0, 0.1) is 6.92 Å². The van der Waals surface area contributed by atoms with Gasteiger partial charge in [0.15, 0.2) is 5.82 Å². The Morgan fingerprint density at radius 2 is 1.89 bits per heavy atom. The van der Waals surface area contributed by atoms with Crippen LogP contribution in [-0.4, -0.2) is 16.5 Å². The summed E-state index contributed by atoms with van der Waals surface area (Å²) < 4.78 is 0. The van der Waals surface area contributed by atoms with Crippen LogP contribution in [0.4, 0.5) is 5.82 Å². The maximum atomic E-state index is 4.58. The van der Waals surface area contributed by atoms with Gasteiger partial charge in [0.1, 0.15) is 5.82 Å². The minimum absolute atomic E-state index is 0.809. The molecule has 0 aliphatic carbocycles. The van der Waals surface area contributed by atoms with Gasteiger partial charge in [0.05, 0.1) is 0 Å². The molecule has 2 rings (SSSR count). The van der Waals surface area contributed by atoms with Crippen molar-refractivity contribution in [1.29, 1.82) is 0 Å². The molecule has 1 aromatic heterocycles. The first-order valence-corrected chi connectivity index (χ1v) is 6.42. The third kappa shape index (κ3) is 2.67. The molecule has 1 N–H and O–H groups in total. The largest absolute Gasteiger partial charge is 0.370 e. The molecule has 2 aromatic rings. The van der Waals surface area contributed by atoms with Gasteiger partial charge in [0, 0.05) is 23.9 Å². The van der Waals surface area contributed by atoms with Gasteiger partial charge in [-0.3, -0.25) is 0 Å². The van der Waals surface area contributed by atoms with E-state index < -0.39 is 0 Å².